The second-order valence-corrected chi connectivity index (χ2v) is 7.06. The number of nitrogens with one attached hydrogen (secondary N) is 1. The van der Waals surface area contributed by atoms with Gasteiger partial charge in [0.2, 0.25) is 0 Å². The Hall–Kier alpha value is -1.09. The molecule has 0 spiro atoms. The highest BCUT2D eigenvalue weighted by Gasteiger charge is 2.41. The van der Waals surface area contributed by atoms with Crippen LogP contribution >= 0.6 is 0 Å². The predicted octanol–water partition coefficient (Wildman–Crippen LogP) is 4.04. The fourth-order valence-electron chi connectivity index (χ4n) is 3.06. The van der Waals surface area contributed by atoms with Crippen molar-refractivity contribution in [2.45, 2.75) is 40.0 Å². The molecule has 0 saturated heterocycles. The van der Waals surface area contributed by atoms with Crippen molar-refractivity contribution < 1.29 is 9.13 Å². The van der Waals surface area contributed by atoms with Crippen molar-refractivity contribution in [2.75, 3.05) is 20.2 Å². The fourth-order valence-corrected chi connectivity index (χ4v) is 3.06. The third kappa shape index (κ3) is 4.19. The maximum Gasteiger partial charge on any atom is 0.168 e. The molecule has 0 aliphatic heterocycles. The summed E-state index contributed by atoms with van der Waals surface area (Å²) in [5, 5.41) is 3.56. The molecule has 1 aliphatic carbocycles. The average molecular weight is 293 g/mol. The standard InChI is InChI=1S/C18H28FNO/c1-13(2)11-20-12-18(3,15-8-9-15)10-14-6-5-7-16(21-4)17(14)19/h5-7,13,15,20H,8-12H2,1-4H3. The highest BCUT2D eigenvalue weighted by atomic mass is 19.1. The number of hydrogen-bond acceptors (Lipinski definition) is 2. The van der Waals surface area contributed by atoms with Crippen LogP contribution in [0, 0.1) is 23.1 Å². The number of methoxy groups -OCH3 is 1. The van der Waals surface area contributed by atoms with E-state index in [2.05, 4.69) is 26.1 Å². The van der Waals surface area contributed by atoms with Gasteiger partial charge in [0.05, 0.1) is 7.11 Å². The van der Waals surface area contributed by atoms with Crippen molar-refractivity contribution in [1.82, 2.24) is 5.32 Å². The van der Waals surface area contributed by atoms with E-state index in [1.807, 2.05) is 12.1 Å². The Morgan fingerprint density at radius 3 is 2.67 bits per heavy atom. The van der Waals surface area contributed by atoms with Gasteiger partial charge in [0.25, 0.3) is 0 Å². The normalized spacial score (nSPS) is 17.8. The van der Waals surface area contributed by atoms with Crippen LogP contribution in [0.2, 0.25) is 0 Å². The molecule has 0 amide bonds. The summed E-state index contributed by atoms with van der Waals surface area (Å²) >= 11 is 0. The first-order valence-corrected chi connectivity index (χ1v) is 7.98. The second kappa shape index (κ2) is 6.78. The molecule has 1 N–H and O–H groups in total. The van der Waals surface area contributed by atoms with Crippen molar-refractivity contribution in [2.24, 2.45) is 17.3 Å². The SMILES string of the molecule is COc1cccc(CC(C)(CNCC(C)C)C2CC2)c1F. The van der Waals surface area contributed by atoms with Gasteiger partial charge >= 0.3 is 0 Å². The zero-order valence-electron chi connectivity index (χ0n) is 13.7. The van der Waals surface area contributed by atoms with E-state index >= 15 is 0 Å². The van der Waals surface area contributed by atoms with Crippen molar-refractivity contribution in [3.63, 3.8) is 0 Å². The number of ether oxygens (including phenoxy) is 1. The third-order valence-corrected chi connectivity index (χ3v) is 4.50. The molecule has 118 valence electrons. The molecule has 1 aromatic rings. The fraction of sp³-hybridized carbons (Fsp3) is 0.667. The first kappa shape index (κ1) is 16.3. The van der Waals surface area contributed by atoms with E-state index < -0.39 is 0 Å². The molecule has 2 rings (SSSR count). The Balaban J connectivity index is 2.09. The number of halogens is 1. The first-order chi connectivity index (χ1) is 9.96. The van der Waals surface area contributed by atoms with Crippen molar-refractivity contribution >= 4 is 0 Å². The van der Waals surface area contributed by atoms with E-state index in [9.17, 15) is 4.39 Å². The molecule has 1 aliphatic rings. The van der Waals surface area contributed by atoms with Crippen LogP contribution in [-0.2, 0) is 6.42 Å². The Morgan fingerprint density at radius 1 is 1.38 bits per heavy atom. The third-order valence-electron chi connectivity index (χ3n) is 4.50. The Morgan fingerprint density at radius 2 is 2.10 bits per heavy atom. The molecular formula is C18H28FNO. The Labute approximate surface area is 128 Å². The van der Waals surface area contributed by atoms with Gasteiger partial charge in [0, 0.05) is 6.54 Å². The number of rotatable bonds is 8. The summed E-state index contributed by atoms with van der Waals surface area (Å²) in [6.45, 7) is 8.68. The van der Waals surface area contributed by atoms with Crippen LogP contribution in [0.3, 0.4) is 0 Å². The molecule has 0 bridgehead atoms. The van der Waals surface area contributed by atoms with E-state index in [4.69, 9.17) is 4.74 Å². The molecule has 1 fully saturated rings. The minimum absolute atomic E-state index is 0.127. The van der Waals surface area contributed by atoms with Crippen LogP contribution in [0.15, 0.2) is 18.2 Å². The van der Waals surface area contributed by atoms with Crippen molar-refractivity contribution in [1.29, 1.82) is 0 Å². The van der Waals surface area contributed by atoms with Crippen LogP contribution in [0.1, 0.15) is 39.2 Å². The largest absolute Gasteiger partial charge is 0.494 e. The summed E-state index contributed by atoms with van der Waals surface area (Å²) in [6, 6.07) is 5.46. The van der Waals surface area contributed by atoms with Gasteiger partial charge in [-0.25, -0.2) is 4.39 Å². The van der Waals surface area contributed by atoms with Crippen molar-refractivity contribution in [3.8, 4) is 5.75 Å². The predicted molar refractivity (Wildman–Crippen MR) is 85.2 cm³/mol. The van der Waals surface area contributed by atoms with Gasteiger partial charge in [0.15, 0.2) is 11.6 Å². The van der Waals surface area contributed by atoms with E-state index in [1.54, 1.807) is 6.07 Å². The lowest BCUT2D eigenvalue weighted by Crippen LogP contribution is -2.37. The molecule has 21 heavy (non-hydrogen) atoms. The highest BCUT2D eigenvalue weighted by molar-refractivity contribution is 5.32. The first-order valence-electron chi connectivity index (χ1n) is 7.98. The second-order valence-electron chi connectivity index (χ2n) is 7.06. The quantitative estimate of drug-likeness (QED) is 0.781. The van der Waals surface area contributed by atoms with Gasteiger partial charge in [-0.3, -0.25) is 0 Å². The molecule has 3 heteroatoms. The minimum atomic E-state index is -0.198. The highest BCUT2D eigenvalue weighted by Crippen LogP contribution is 2.47. The topological polar surface area (TPSA) is 21.3 Å². The van der Waals surface area contributed by atoms with E-state index in [0.29, 0.717) is 17.6 Å². The van der Waals surface area contributed by atoms with E-state index in [-0.39, 0.29) is 11.2 Å². The smallest absolute Gasteiger partial charge is 0.168 e. The Kier molecular flexibility index (Phi) is 5.26. The summed E-state index contributed by atoms with van der Waals surface area (Å²) < 4.78 is 19.5. The molecule has 0 heterocycles. The lowest BCUT2D eigenvalue weighted by Gasteiger charge is -2.31. The Bertz CT molecular complexity index is 470. The molecular weight excluding hydrogens is 265 g/mol. The minimum Gasteiger partial charge on any atom is -0.494 e. The summed E-state index contributed by atoms with van der Waals surface area (Å²) in [6.07, 6.45) is 3.31. The van der Waals surface area contributed by atoms with Crippen LogP contribution < -0.4 is 10.1 Å². The van der Waals surface area contributed by atoms with Gasteiger partial charge in [-0.15, -0.1) is 0 Å². The molecule has 1 aromatic carbocycles. The van der Waals surface area contributed by atoms with Gasteiger partial charge < -0.3 is 10.1 Å². The monoisotopic (exact) mass is 293 g/mol. The van der Waals surface area contributed by atoms with Gasteiger partial charge in [-0.1, -0.05) is 32.9 Å². The average Bonchev–Trinajstić information content (AvgIpc) is 3.25. The van der Waals surface area contributed by atoms with E-state index in [1.165, 1.54) is 20.0 Å². The van der Waals surface area contributed by atoms with Crippen LogP contribution in [0.5, 0.6) is 5.75 Å². The molecule has 0 aromatic heterocycles. The van der Waals surface area contributed by atoms with Crippen LogP contribution in [0.25, 0.3) is 0 Å². The maximum absolute atomic E-state index is 14.4. The van der Waals surface area contributed by atoms with Gasteiger partial charge in [-0.05, 0) is 54.7 Å². The van der Waals surface area contributed by atoms with Gasteiger partial charge in [0.1, 0.15) is 0 Å². The van der Waals surface area contributed by atoms with Crippen LogP contribution in [-0.4, -0.2) is 20.2 Å². The zero-order valence-corrected chi connectivity index (χ0v) is 13.7. The van der Waals surface area contributed by atoms with Gasteiger partial charge in [-0.2, -0.15) is 0 Å². The molecule has 1 unspecified atom stereocenters. The number of hydrogen-bond donors (Lipinski definition) is 1. The van der Waals surface area contributed by atoms with Crippen LogP contribution in [0.4, 0.5) is 4.39 Å². The summed E-state index contributed by atoms with van der Waals surface area (Å²) in [4.78, 5) is 0. The molecule has 2 nitrogen and oxygen atoms in total. The molecule has 0 radical (unpaired) electrons. The summed E-state index contributed by atoms with van der Waals surface area (Å²) in [5.41, 5.74) is 0.900. The summed E-state index contributed by atoms with van der Waals surface area (Å²) in [5.74, 6) is 1.50. The lowest BCUT2D eigenvalue weighted by molar-refractivity contribution is 0.248. The van der Waals surface area contributed by atoms with E-state index in [0.717, 1.165) is 25.1 Å². The lowest BCUT2D eigenvalue weighted by atomic mass is 9.78. The zero-order chi connectivity index (χ0) is 15.5. The molecule has 1 atom stereocenters. The maximum atomic E-state index is 14.4. The number of benzene rings is 1. The summed E-state index contributed by atoms with van der Waals surface area (Å²) in [7, 11) is 1.52. The molecule has 1 saturated carbocycles. The van der Waals surface area contributed by atoms with Crippen molar-refractivity contribution in [3.05, 3.63) is 29.6 Å².